The summed E-state index contributed by atoms with van der Waals surface area (Å²) in [5, 5.41) is 3.38. The molecule has 1 saturated heterocycles. The van der Waals surface area contributed by atoms with E-state index >= 15 is 0 Å². The Bertz CT molecular complexity index is 477. The van der Waals surface area contributed by atoms with E-state index in [1.807, 2.05) is 6.92 Å². The standard InChI is InChI=1S/C16H26N4O/c1-3-8-17-15-11-16(19-12(2)18-15)20-9-10-21-14-7-5-4-6-13(14)20/h11,13-14H,3-10H2,1-2H3,(H,17,18,19). The molecule has 0 aromatic carbocycles. The van der Waals surface area contributed by atoms with Crippen LogP contribution in [-0.2, 0) is 4.74 Å². The van der Waals surface area contributed by atoms with Crippen molar-refractivity contribution in [2.24, 2.45) is 0 Å². The first-order valence-corrected chi connectivity index (χ1v) is 8.25. The zero-order chi connectivity index (χ0) is 14.7. The quantitative estimate of drug-likeness (QED) is 0.924. The Labute approximate surface area is 127 Å². The first-order valence-electron chi connectivity index (χ1n) is 8.25. The van der Waals surface area contributed by atoms with Crippen LogP contribution in [0.5, 0.6) is 0 Å². The van der Waals surface area contributed by atoms with Crippen LogP contribution < -0.4 is 10.2 Å². The van der Waals surface area contributed by atoms with Gasteiger partial charge in [0.2, 0.25) is 0 Å². The average molecular weight is 290 g/mol. The molecule has 1 aliphatic carbocycles. The first kappa shape index (κ1) is 14.6. The lowest BCUT2D eigenvalue weighted by Gasteiger charge is -2.44. The van der Waals surface area contributed by atoms with Gasteiger partial charge in [0.15, 0.2) is 0 Å². The molecule has 2 heterocycles. The van der Waals surface area contributed by atoms with Crippen molar-refractivity contribution in [3.05, 3.63) is 11.9 Å². The summed E-state index contributed by atoms with van der Waals surface area (Å²) in [6.45, 7) is 6.83. The molecule has 21 heavy (non-hydrogen) atoms. The summed E-state index contributed by atoms with van der Waals surface area (Å²) in [6, 6.07) is 2.58. The zero-order valence-electron chi connectivity index (χ0n) is 13.1. The summed E-state index contributed by atoms with van der Waals surface area (Å²) in [6.07, 6.45) is 6.47. The molecule has 0 bridgehead atoms. The van der Waals surface area contributed by atoms with E-state index in [-0.39, 0.29) is 0 Å². The van der Waals surface area contributed by atoms with Gasteiger partial charge in [-0.2, -0.15) is 0 Å². The van der Waals surface area contributed by atoms with Crippen molar-refractivity contribution < 1.29 is 4.74 Å². The molecule has 0 amide bonds. The van der Waals surface area contributed by atoms with Gasteiger partial charge in [0.1, 0.15) is 17.5 Å². The van der Waals surface area contributed by atoms with E-state index in [9.17, 15) is 0 Å². The van der Waals surface area contributed by atoms with Gasteiger partial charge in [0, 0.05) is 19.2 Å². The molecule has 2 atom stereocenters. The number of aromatic nitrogens is 2. The summed E-state index contributed by atoms with van der Waals surface area (Å²) in [5.41, 5.74) is 0. The molecular formula is C16H26N4O. The molecule has 116 valence electrons. The molecule has 2 unspecified atom stereocenters. The molecule has 1 aromatic heterocycles. The van der Waals surface area contributed by atoms with Crippen molar-refractivity contribution in [2.45, 2.75) is 58.1 Å². The maximum absolute atomic E-state index is 5.96. The van der Waals surface area contributed by atoms with Gasteiger partial charge in [-0.05, 0) is 26.2 Å². The number of nitrogens with zero attached hydrogens (tertiary/aromatic N) is 3. The molecular weight excluding hydrogens is 264 g/mol. The second-order valence-electron chi connectivity index (χ2n) is 6.04. The lowest BCUT2D eigenvalue weighted by atomic mass is 9.90. The van der Waals surface area contributed by atoms with Crippen LogP contribution in [-0.4, -0.2) is 41.8 Å². The Hall–Kier alpha value is -1.36. The van der Waals surface area contributed by atoms with Crippen molar-refractivity contribution in [3.8, 4) is 0 Å². The molecule has 1 saturated carbocycles. The molecule has 0 spiro atoms. The van der Waals surface area contributed by atoms with Gasteiger partial charge < -0.3 is 15.0 Å². The highest BCUT2D eigenvalue weighted by molar-refractivity contribution is 5.50. The number of fused-ring (bicyclic) bond motifs is 1. The number of ether oxygens (including phenoxy) is 1. The van der Waals surface area contributed by atoms with Crippen LogP contribution in [0.3, 0.4) is 0 Å². The molecule has 5 heteroatoms. The Morgan fingerprint density at radius 1 is 1.33 bits per heavy atom. The second-order valence-corrected chi connectivity index (χ2v) is 6.04. The third-order valence-corrected chi connectivity index (χ3v) is 4.41. The maximum atomic E-state index is 5.96. The number of aryl methyl sites for hydroxylation is 1. The molecule has 2 aliphatic rings. The Morgan fingerprint density at radius 3 is 3.05 bits per heavy atom. The normalized spacial score (nSPS) is 25.5. The van der Waals surface area contributed by atoms with Crippen LogP contribution in [0.15, 0.2) is 6.07 Å². The van der Waals surface area contributed by atoms with Crippen LogP contribution in [0, 0.1) is 6.92 Å². The third-order valence-electron chi connectivity index (χ3n) is 4.41. The SMILES string of the molecule is CCCNc1cc(N2CCOC3CCCCC32)nc(C)n1. The van der Waals surface area contributed by atoms with E-state index in [0.717, 1.165) is 43.6 Å². The van der Waals surface area contributed by atoms with E-state index in [0.29, 0.717) is 12.1 Å². The Morgan fingerprint density at radius 2 is 2.19 bits per heavy atom. The number of anilines is 2. The van der Waals surface area contributed by atoms with E-state index in [1.54, 1.807) is 0 Å². The van der Waals surface area contributed by atoms with Crippen molar-refractivity contribution >= 4 is 11.6 Å². The predicted molar refractivity (Wildman–Crippen MR) is 84.9 cm³/mol. The molecule has 1 aliphatic heterocycles. The number of rotatable bonds is 4. The lowest BCUT2D eigenvalue weighted by molar-refractivity contribution is -0.00900. The minimum atomic E-state index is 0.384. The highest BCUT2D eigenvalue weighted by Gasteiger charge is 2.35. The molecule has 0 radical (unpaired) electrons. The second kappa shape index (κ2) is 6.60. The van der Waals surface area contributed by atoms with Gasteiger partial charge in [0.25, 0.3) is 0 Å². The predicted octanol–water partition coefficient (Wildman–Crippen LogP) is 2.75. The van der Waals surface area contributed by atoms with Crippen LogP contribution >= 0.6 is 0 Å². The highest BCUT2D eigenvalue weighted by Crippen LogP contribution is 2.31. The zero-order valence-corrected chi connectivity index (χ0v) is 13.1. The summed E-state index contributed by atoms with van der Waals surface area (Å²) in [5.74, 6) is 2.84. The Balaban J connectivity index is 1.82. The number of nitrogens with one attached hydrogen (secondary N) is 1. The van der Waals surface area contributed by atoms with Gasteiger partial charge >= 0.3 is 0 Å². The number of hydrogen-bond acceptors (Lipinski definition) is 5. The maximum Gasteiger partial charge on any atom is 0.134 e. The topological polar surface area (TPSA) is 50.3 Å². The van der Waals surface area contributed by atoms with Crippen molar-refractivity contribution in [1.82, 2.24) is 9.97 Å². The van der Waals surface area contributed by atoms with Crippen molar-refractivity contribution in [1.29, 1.82) is 0 Å². The molecule has 1 N–H and O–H groups in total. The summed E-state index contributed by atoms with van der Waals surface area (Å²) >= 11 is 0. The fourth-order valence-electron chi connectivity index (χ4n) is 3.42. The van der Waals surface area contributed by atoms with Crippen LogP contribution in [0.4, 0.5) is 11.6 Å². The van der Waals surface area contributed by atoms with Gasteiger partial charge in [0.05, 0.1) is 18.8 Å². The lowest BCUT2D eigenvalue weighted by Crippen LogP contribution is -2.53. The molecule has 2 fully saturated rings. The minimum absolute atomic E-state index is 0.384. The first-order chi connectivity index (χ1) is 10.3. The van der Waals surface area contributed by atoms with Gasteiger partial charge in [-0.1, -0.05) is 19.8 Å². The van der Waals surface area contributed by atoms with Crippen LogP contribution in [0.25, 0.3) is 0 Å². The third kappa shape index (κ3) is 3.28. The van der Waals surface area contributed by atoms with E-state index in [4.69, 9.17) is 4.74 Å². The van der Waals surface area contributed by atoms with Gasteiger partial charge in [-0.25, -0.2) is 9.97 Å². The number of morpholine rings is 1. The fraction of sp³-hybridized carbons (Fsp3) is 0.750. The average Bonchev–Trinajstić information content (AvgIpc) is 2.52. The molecule has 1 aromatic rings. The fourth-order valence-corrected chi connectivity index (χ4v) is 3.42. The Kier molecular flexibility index (Phi) is 4.58. The van der Waals surface area contributed by atoms with Gasteiger partial charge in [-0.3, -0.25) is 0 Å². The van der Waals surface area contributed by atoms with Crippen LogP contribution in [0.2, 0.25) is 0 Å². The highest BCUT2D eigenvalue weighted by atomic mass is 16.5. The summed E-state index contributed by atoms with van der Waals surface area (Å²) in [7, 11) is 0. The van der Waals surface area contributed by atoms with Crippen LogP contribution in [0.1, 0.15) is 44.9 Å². The molecule has 3 rings (SSSR count). The smallest absolute Gasteiger partial charge is 0.134 e. The largest absolute Gasteiger partial charge is 0.374 e. The van der Waals surface area contributed by atoms with E-state index < -0.39 is 0 Å². The monoisotopic (exact) mass is 290 g/mol. The summed E-state index contributed by atoms with van der Waals surface area (Å²) < 4.78 is 5.96. The molecule has 5 nitrogen and oxygen atoms in total. The van der Waals surface area contributed by atoms with Crippen molar-refractivity contribution in [3.63, 3.8) is 0 Å². The van der Waals surface area contributed by atoms with Gasteiger partial charge in [-0.15, -0.1) is 0 Å². The minimum Gasteiger partial charge on any atom is -0.374 e. The van der Waals surface area contributed by atoms with Crippen molar-refractivity contribution in [2.75, 3.05) is 29.9 Å². The summed E-state index contributed by atoms with van der Waals surface area (Å²) in [4.78, 5) is 11.6. The van der Waals surface area contributed by atoms with E-state index in [1.165, 1.54) is 25.7 Å². The van der Waals surface area contributed by atoms with E-state index in [2.05, 4.69) is 33.2 Å². The number of hydrogen-bond donors (Lipinski definition) is 1.